The van der Waals surface area contributed by atoms with Crippen LogP contribution in [0.1, 0.15) is 19.4 Å². The molecule has 0 saturated carbocycles. The topological polar surface area (TPSA) is 94.3 Å². The average molecular weight is 273 g/mol. The van der Waals surface area contributed by atoms with E-state index in [9.17, 15) is 0 Å². The molecule has 0 aliphatic carbocycles. The molecule has 20 heavy (non-hydrogen) atoms. The maximum atomic E-state index is 9.10. The molecule has 0 bridgehead atoms. The number of nitrogen functional groups attached to an aromatic ring is 1. The van der Waals surface area contributed by atoms with Gasteiger partial charge in [-0.15, -0.1) is 0 Å². The number of nitrogens with zero attached hydrogens (tertiary/aromatic N) is 2. The number of hydrogen-bond acceptors (Lipinski definition) is 6. The molecule has 104 valence electrons. The minimum Gasteiger partial charge on any atom is -0.494 e. The van der Waals surface area contributed by atoms with E-state index < -0.39 is 0 Å². The second kappa shape index (κ2) is 5.97. The summed E-state index contributed by atoms with van der Waals surface area (Å²) in [5, 5.41) is 12.9. The Labute approximate surface area is 116 Å². The molecule has 2 aromatic rings. The van der Waals surface area contributed by atoms with Crippen molar-refractivity contribution in [3.05, 3.63) is 23.8 Å². The van der Waals surface area contributed by atoms with Crippen molar-refractivity contribution in [2.24, 2.45) is 0 Å². The van der Waals surface area contributed by atoms with Gasteiger partial charge >= 0.3 is 0 Å². The van der Waals surface area contributed by atoms with E-state index in [0.29, 0.717) is 36.0 Å². The Hall–Kier alpha value is -2.68. The zero-order valence-electron chi connectivity index (χ0n) is 11.3. The summed E-state index contributed by atoms with van der Waals surface area (Å²) in [6, 6.07) is 7.30. The van der Waals surface area contributed by atoms with Crippen LogP contribution in [0.5, 0.6) is 11.5 Å². The zero-order chi connectivity index (χ0) is 14.5. The van der Waals surface area contributed by atoms with Gasteiger partial charge in [-0.1, -0.05) is 5.16 Å². The van der Waals surface area contributed by atoms with Crippen LogP contribution in [0.3, 0.4) is 0 Å². The summed E-state index contributed by atoms with van der Waals surface area (Å²) >= 11 is 0. The standard InChI is InChI=1S/C14H15N3O3/c1-3-18-10-5-9(6-11(7-10)19-4-2)13-12(8-15)14(16)20-17-13/h5-7H,3-4,16H2,1-2H3. The van der Waals surface area contributed by atoms with Crippen molar-refractivity contribution in [3.63, 3.8) is 0 Å². The van der Waals surface area contributed by atoms with Crippen LogP contribution in [0.4, 0.5) is 5.88 Å². The Morgan fingerprint density at radius 1 is 1.20 bits per heavy atom. The van der Waals surface area contributed by atoms with Crippen LogP contribution in [-0.4, -0.2) is 18.4 Å². The summed E-state index contributed by atoms with van der Waals surface area (Å²) in [6.07, 6.45) is 0. The SMILES string of the molecule is CCOc1cc(OCC)cc(-c2noc(N)c2C#N)c1. The molecule has 0 radical (unpaired) electrons. The molecule has 0 aliphatic rings. The van der Waals surface area contributed by atoms with Crippen molar-refractivity contribution >= 4 is 5.88 Å². The molecule has 1 aromatic heterocycles. The Bertz CT molecular complexity index is 619. The van der Waals surface area contributed by atoms with Crippen molar-refractivity contribution in [1.29, 1.82) is 5.26 Å². The zero-order valence-corrected chi connectivity index (χ0v) is 11.3. The minimum absolute atomic E-state index is 0.00210. The van der Waals surface area contributed by atoms with Crippen LogP contribution >= 0.6 is 0 Å². The van der Waals surface area contributed by atoms with Crippen molar-refractivity contribution in [2.75, 3.05) is 18.9 Å². The summed E-state index contributed by atoms with van der Waals surface area (Å²) in [5.41, 5.74) is 6.82. The van der Waals surface area contributed by atoms with Gasteiger partial charge in [-0.2, -0.15) is 5.26 Å². The van der Waals surface area contributed by atoms with E-state index in [2.05, 4.69) is 5.16 Å². The molecule has 0 saturated heterocycles. The summed E-state index contributed by atoms with van der Waals surface area (Å²) in [7, 11) is 0. The number of nitriles is 1. The van der Waals surface area contributed by atoms with Gasteiger partial charge in [0.2, 0.25) is 5.88 Å². The van der Waals surface area contributed by atoms with Crippen LogP contribution in [-0.2, 0) is 0 Å². The molecule has 0 unspecified atom stereocenters. The molecule has 1 heterocycles. The number of nitrogens with two attached hydrogens (primary N) is 1. The molecule has 2 rings (SSSR count). The predicted molar refractivity (Wildman–Crippen MR) is 73.4 cm³/mol. The first-order chi connectivity index (χ1) is 9.69. The maximum absolute atomic E-state index is 9.10. The fraction of sp³-hybridized carbons (Fsp3) is 0.286. The van der Waals surface area contributed by atoms with Crippen LogP contribution in [0.25, 0.3) is 11.3 Å². The highest BCUT2D eigenvalue weighted by molar-refractivity contribution is 5.73. The predicted octanol–water partition coefficient (Wildman–Crippen LogP) is 2.59. The van der Waals surface area contributed by atoms with E-state index in [1.165, 1.54) is 0 Å². The van der Waals surface area contributed by atoms with Gasteiger partial charge in [-0.25, -0.2) is 0 Å². The van der Waals surface area contributed by atoms with Gasteiger partial charge < -0.3 is 19.7 Å². The van der Waals surface area contributed by atoms with E-state index in [4.69, 9.17) is 25.0 Å². The third kappa shape index (κ3) is 2.67. The van der Waals surface area contributed by atoms with Gasteiger partial charge in [0.25, 0.3) is 0 Å². The Morgan fingerprint density at radius 3 is 2.30 bits per heavy atom. The second-order valence-corrected chi connectivity index (χ2v) is 3.94. The quantitative estimate of drug-likeness (QED) is 0.899. The van der Waals surface area contributed by atoms with E-state index in [-0.39, 0.29) is 11.4 Å². The van der Waals surface area contributed by atoms with Gasteiger partial charge in [0.05, 0.1) is 13.2 Å². The van der Waals surface area contributed by atoms with Gasteiger partial charge in [0, 0.05) is 11.6 Å². The fourth-order valence-corrected chi connectivity index (χ4v) is 1.82. The largest absolute Gasteiger partial charge is 0.494 e. The molecule has 0 amide bonds. The first-order valence-corrected chi connectivity index (χ1v) is 6.25. The van der Waals surface area contributed by atoms with E-state index >= 15 is 0 Å². The highest BCUT2D eigenvalue weighted by atomic mass is 16.5. The van der Waals surface area contributed by atoms with Gasteiger partial charge in [0.1, 0.15) is 28.8 Å². The Kier molecular flexibility index (Phi) is 4.11. The first-order valence-electron chi connectivity index (χ1n) is 6.25. The molecular weight excluding hydrogens is 258 g/mol. The third-order valence-electron chi connectivity index (χ3n) is 2.61. The number of benzene rings is 1. The lowest BCUT2D eigenvalue weighted by Crippen LogP contribution is -1.96. The lowest BCUT2D eigenvalue weighted by atomic mass is 10.1. The molecule has 0 fully saturated rings. The molecule has 6 nitrogen and oxygen atoms in total. The lowest BCUT2D eigenvalue weighted by molar-refractivity contribution is 0.323. The maximum Gasteiger partial charge on any atom is 0.240 e. The lowest BCUT2D eigenvalue weighted by Gasteiger charge is -2.09. The number of ether oxygens (including phenoxy) is 2. The molecular formula is C14H15N3O3. The Balaban J connectivity index is 2.52. The summed E-state index contributed by atoms with van der Waals surface area (Å²) in [4.78, 5) is 0. The smallest absolute Gasteiger partial charge is 0.240 e. The van der Waals surface area contributed by atoms with Crippen molar-refractivity contribution in [3.8, 4) is 28.8 Å². The number of anilines is 1. The molecule has 2 N–H and O–H groups in total. The summed E-state index contributed by atoms with van der Waals surface area (Å²) in [5.74, 6) is 1.28. The second-order valence-electron chi connectivity index (χ2n) is 3.94. The van der Waals surface area contributed by atoms with E-state index in [1.54, 1.807) is 18.2 Å². The van der Waals surface area contributed by atoms with Crippen molar-refractivity contribution in [2.45, 2.75) is 13.8 Å². The molecule has 1 aromatic carbocycles. The normalized spacial score (nSPS) is 10.1. The molecule has 0 atom stereocenters. The summed E-state index contributed by atoms with van der Waals surface area (Å²) < 4.78 is 15.8. The number of aromatic nitrogens is 1. The van der Waals surface area contributed by atoms with E-state index in [1.807, 2.05) is 19.9 Å². The molecule has 0 aliphatic heterocycles. The number of hydrogen-bond donors (Lipinski definition) is 1. The van der Waals surface area contributed by atoms with Gasteiger partial charge in [-0.3, -0.25) is 0 Å². The minimum atomic E-state index is 0.00210. The fourth-order valence-electron chi connectivity index (χ4n) is 1.82. The number of rotatable bonds is 5. The van der Waals surface area contributed by atoms with E-state index in [0.717, 1.165) is 0 Å². The van der Waals surface area contributed by atoms with Gasteiger partial charge in [0.15, 0.2) is 0 Å². The van der Waals surface area contributed by atoms with Crippen molar-refractivity contribution in [1.82, 2.24) is 5.16 Å². The Morgan fingerprint density at radius 2 is 1.80 bits per heavy atom. The third-order valence-corrected chi connectivity index (χ3v) is 2.61. The monoisotopic (exact) mass is 273 g/mol. The van der Waals surface area contributed by atoms with Crippen molar-refractivity contribution < 1.29 is 14.0 Å². The molecule has 6 heteroatoms. The average Bonchev–Trinajstić information content (AvgIpc) is 2.80. The highest BCUT2D eigenvalue weighted by Crippen LogP contribution is 2.32. The van der Waals surface area contributed by atoms with Crippen LogP contribution in [0.2, 0.25) is 0 Å². The van der Waals surface area contributed by atoms with Crippen LogP contribution in [0.15, 0.2) is 22.7 Å². The van der Waals surface area contributed by atoms with Crippen LogP contribution in [0, 0.1) is 11.3 Å². The highest BCUT2D eigenvalue weighted by Gasteiger charge is 2.17. The van der Waals surface area contributed by atoms with Crippen LogP contribution < -0.4 is 15.2 Å². The molecule has 0 spiro atoms. The summed E-state index contributed by atoms with van der Waals surface area (Å²) in [6.45, 7) is 4.84. The van der Waals surface area contributed by atoms with Gasteiger partial charge in [-0.05, 0) is 26.0 Å². The first kappa shape index (κ1) is 13.7.